The average Bonchev–Trinajstić information content (AvgIpc) is 2.89. The smallest absolute Gasteiger partial charge is 0.334 e. The highest BCUT2D eigenvalue weighted by atomic mass is 16.6. The summed E-state index contributed by atoms with van der Waals surface area (Å²) in [6.07, 6.45) is 3.20. The maximum atomic E-state index is 12.0. The van der Waals surface area contributed by atoms with E-state index >= 15 is 0 Å². The van der Waals surface area contributed by atoms with Gasteiger partial charge in [-0.2, -0.15) is 0 Å². The van der Waals surface area contributed by atoms with Gasteiger partial charge in [0.05, 0.1) is 0 Å². The summed E-state index contributed by atoms with van der Waals surface area (Å²) in [5.41, 5.74) is 3.39. The fourth-order valence-electron chi connectivity index (χ4n) is 4.22. The van der Waals surface area contributed by atoms with Gasteiger partial charge in [0.15, 0.2) is 0 Å². The van der Waals surface area contributed by atoms with Gasteiger partial charge in [-0.25, -0.2) is 9.59 Å². The number of rotatable bonds is 2. The number of carbonyl (C=O) groups excluding carboxylic acids is 2. The van der Waals surface area contributed by atoms with Crippen LogP contribution < -0.4 is 0 Å². The minimum Gasteiger partial charge on any atom is -0.458 e. The Morgan fingerprint density at radius 2 is 1.96 bits per heavy atom. The van der Waals surface area contributed by atoms with E-state index in [1.807, 2.05) is 13.8 Å². The monoisotopic (exact) mass is 328 g/mol. The molecule has 1 aliphatic heterocycles. The van der Waals surface area contributed by atoms with E-state index < -0.39 is 0 Å². The summed E-state index contributed by atoms with van der Waals surface area (Å²) in [5.74, 6) is -0.566. The van der Waals surface area contributed by atoms with E-state index in [0.717, 1.165) is 29.6 Å². The minimum atomic E-state index is -0.355. The predicted molar refractivity (Wildman–Crippen MR) is 90.9 cm³/mol. The number of hydrogen-bond acceptors (Lipinski definition) is 4. The molecule has 4 nitrogen and oxygen atoms in total. The third-order valence-corrected chi connectivity index (χ3v) is 5.41. The van der Waals surface area contributed by atoms with Crippen LogP contribution in [-0.2, 0) is 19.1 Å². The van der Waals surface area contributed by atoms with Crippen molar-refractivity contribution < 1.29 is 19.1 Å². The lowest BCUT2D eigenvalue weighted by Crippen LogP contribution is -2.29. The summed E-state index contributed by atoms with van der Waals surface area (Å²) in [4.78, 5) is 23.9. The van der Waals surface area contributed by atoms with E-state index in [1.54, 1.807) is 0 Å². The largest absolute Gasteiger partial charge is 0.458 e. The van der Waals surface area contributed by atoms with Crippen molar-refractivity contribution in [1.82, 2.24) is 0 Å². The second-order valence-corrected chi connectivity index (χ2v) is 7.29. The number of ether oxygens (including phenoxy) is 2. The van der Waals surface area contributed by atoms with Crippen molar-refractivity contribution in [3.8, 4) is 0 Å². The van der Waals surface area contributed by atoms with E-state index in [2.05, 4.69) is 19.7 Å². The summed E-state index contributed by atoms with van der Waals surface area (Å²) < 4.78 is 11.2. The zero-order valence-electron chi connectivity index (χ0n) is 14.3. The molecular formula is C20H24O4. The number of hydrogen-bond donors (Lipinski definition) is 0. The van der Waals surface area contributed by atoms with Crippen LogP contribution in [-0.4, -0.2) is 24.1 Å². The highest BCUT2D eigenvalue weighted by Crippen LogP contribution is 2.52. The standard InChI is InChI=1S/C20H24O4/c1-10(2)8-17(21)23-16-9-15-11(3)6-7-14-12(4)20(22)24-19(14)18(15)13(16)5/h8,14-16,18-19H,3-7,9H2,1-2H3/t14?,15?,16-,18?,19-/m0/s1. The van der Waals surface area contributed by atoms with Gasteiger partial charge in [-0.05, 0) is 44.6 Å². The number of fused-ring (bicyclic) bond motifs is 3. The first-order chi connectivity index (χ1) is 11.3. The molecule has 5 atom stereocenters. The molecule has 0 bridgehead atoms. The molecule has 2 saturated carbocycles. The van der Waals surface area contributed by atoms with Crippen molar-refractivity contribution >= 4 is 11.9 Å². The molecule has 0 aromatic carbocycles. The van der Waals surface area contributed by atoms with Crippen LogP contribution in [0.25, 0.3) is 0 Å². The summed E-state index contributed by atoms with van der Waals surface area (Å²) in [7, 11) is 0. The Balaban J connectivity index is 1.85. The SMILES string of the molecule is C=C1CCC2C(=C)C(=O)O[C@@H]2C2C(=C)[C@@H](OC(=O)C=C(C)C)CC12. The maximum absolute atomic E-state index is 12.0. The molecule has 3 aliphatic rings. The summed E-state index contributed by atoms with van der Waals surface area (Å²) in [6, 6.07) is 0. The number of esters is 2. The van der Waals surface area contributed by atoms with Gasteiger partial charge in [0.25, 0.3) is 0 Å². The van der Waals surface area contributed by atoms with E-state index in [4.69, 9.17) is 9.47 Å². The lowest BCUT2D eigenvalue weighted by molar-refractivity contribution is -0.142. The molecule has 3 rings (SSSR count). The Labute approximate surface area is 142 Å². The normalized spacial score (nSPS) is 35.0. The second kappa shape index (κ2) is 6.08. The van der Waals surface area contributed by atoms with Crippen molar-refractivity contribution in [2.45, 2.75) is 45.3 Å². The molecule has 0 aromatic heterocycles. The second-order valence-electron chi connectivity index (χ2n) is 7.29. The minimum absolute atomic E-state index is 0.00762. The van der Waals surface area contributed by atoms with Crippen LogP contribution in [0.1, 0.15) is 33.1 Å². The molecule has 1 heterocycles. The van der Waals surface area contributed by atoms with Crippen molar-refractivity contribution in [2.24, 2.45) is 17.8 Å². The van der Waals surface area contributed by atoms with Gasteiger partial charge >= 0.3 is 11.9 Å². The highest BCUT2D eigenvalue weighted by Gasteiger charge is 2.53. The van der Waals surface area contributed by atoms with Crippen molar-refractivity contribution in [1.29, 1.82) is 0 Å². The van der Waals surface area contributed by atoms with Crippen molar-refractivity contribution in [3.63, 3.8) is 0 Å². The summed E-state index contributed by atoms with van der Waals surface area (Å²) in [5, 5.41) is 0. The van der Waals surface area contributed by atoms with Gasteiger partial charge < -0.3 is 9.47 Å². The van der Waals surface area contributed by atoms with Crippen LogP contribution in [0.2, 0.25) is 0 Å². The molecule has 24 heavy (non-hydrogen) atoms. The van der Waals surface area contributed by atoms with E-state index in [1.165, 1.54) is 6.08 Å². The van der Waals surface area contributed by atoms with E-state index in [9.17, 15) is 9.59 Å². The van der Waals surface area contributed by atoms with Crippen LogP contribution in [0.3, 0.4) is 0 Å². The number of carbonyl (C=O) groups is 2. The van der Waals surface area contributed by atoms with Gasteiger partial charge in [-0.1, -0.05) is 30.9 Å². The van der Waals surface area contributed by atoms with Gasteiger partial charge in [-0.3, -0.25) is 0 Å². The average molecular weight is 328 g/mol. The molecule has 128 valence electrons. The lowest BCUT2D eigenvalue weighted by Gasteiger charge is -2.26. The third kappa shape index (κ3) is 2.74. The molecule has 0 spiro atoms. The fraction of sp³-hybridized carbons (Fsp3) is 0.500. The first kappa shape index (κ1) is 16.7. The van der Waals surface area contributed by atoms with Crippen LogP contribution in [0.4, 0.5) is 0 Å². The Hall–Kier alpha value is -2.10. The van der Waals surface area contributed by atoms with Gasteiger partial charge in [0, 0.05) is 23.5 Å². The molecule has 0 aromatic rings. The molecular weight excluding hydrogens is 304 g/mol. The van der Waals surface area contributed by atoms with Crippen LogP contribution in [0.15, 0.2) is 48.1 Å². The molecule has 4 heteroatoms. The molecule has 3 fully saturated rings. The molecule has 3 unspecified atom stereocenters. The Morgan fingerprint density at radius 3 is 2.62 bits per heavy atom. The Morgan fingerprint density at radius 1 is 1.25 bits per heavy atom. The van der Waals surface area contributed by atoms with Gasteiger partial charge in [-0.15, -0.1) is 0 Å². The third-order valence-electron chi connectivity index (χ3n) is 5.41. The zero-order valence-corrected chi connectivity index (χ0v) is 14.3. The predicted octanol–water partition coefficient (Wildman–Crippen LogP) is 3.50. The first-order valence-corrected chi connectivity index (χ1v) is 8.41. The molecule has 0 N–H and O–H groups in total. The Bertz CT molecular complexity index is 665. The summed E-state index contributed by atoms with van der Waals surface area (Å²) in [6.45, 7) is 16.0. The topological polar surface area (TPSA) is 52.6 Å². The van der Waals surface area contributed by atoms with Crippen LogP contribution >= 0.6 is 0 Å². The summed E-state index contributed by atoms with van der Waals surface area (Å²) >= 11 is 0. The van der Waals surface area contributed by atoms with Gasteiger partial charge in [0.2, 0.25) is 0 Å². The molecule has 2 aliphatic carbocycles. The van der Waals surface area contributed by atoms with Gasteiger partial charge in [0.1, 0.15) is 12.2 Å². The van der Waals surface area contributed by atoms with Crippen LogP contribution in [0, 0.1) is 17.8 Å². The van der Waals surface area contributed by atoms with Crippen LogP contribution in [0.5, 0.6) is 0 Å². The zero-order chi connectivity index (χ0) is 17.6. The van der Waals surface area contributed by atoms with Crippen molar-refractivity contribution in [2.75, 3.05) is 0 Å². The van der Waals surface area contributed by atoms with E-state index in [-0.39, 0.29) is 41.9 Å². The fourth-order valence-corrected chi connectivity index (χ4v) is 4.22. The highest BCUT2D eigenvalue weighted by molar-refractivity contribution is 5.91. The Kier molecular flexibility index (Phi) is 4.24. The molecule has 0 amide bonds. The molecule has 0 radical (unpaired) electrons. The number of allylic oxidation sites excluding steroid dienone is 2. The quantitative estimate of drug-likeness (QED) is 0.442. The lowest BCUT2D eigenvalue weighted by atomic mass is 9.82. The van der Waals surface area contributed by atoms with Crippen molar-refractivity contribution in [3.05, 3.63) is 48.1 Å². The first-order valence-electron chi connectivity index (χ1n) is 8.41. The maximum Gasteiger partial charge on any atom is 0.334 e. The van der Waals surface area contributed by atoms with E-state index in [0.29, 0.717) is 12.0 Å². The molecule has 1 saturated heterocycles.